The molecule has 2 aliphatic rings. The molecule has 5 rings (SSSR count). The minimum atomic E-state index is -0.433. The summed E-state index contributed by atoms with van der Waals surface area (Å²) in [6.07, 6.45) is 10.8. The molecular weight excluding hydrogens is 462 g/mol. The summed E-state index contributed by atoms with van der Waals surface area (Å²) in [7, 11) is 0. The van der Waals surface area contributed by atoms with Crippen LogP contribution in [-0.4, -0.2) is 69.8 Å². The Hall–Kier alpha value is -3.04. The first kappa shape index (κ1) is 23.7. The third kappa shape index (κ3) is 5.46. The van der Waals surface area contributed by atoms with E-state index in [2.05, 4.69) is 40.0 Å². The van der Waals surface area contributed by atoms with Crippen LogP contribution in [0.15, 0.2) is 36.7 Å². The smallest absolute Gasteiger partial charge is 0.274 e. The lowest BCUT2D eigenvalue weighted by atomic mass is 9.99. The first-order valence-corrected chi connectivity index (χ1v) is 13.2. The SMILES string of the molecule is CCCc1cnc(N2CCC(Oc3nc4ccc(C5=CCN(C(=O)CO)CC5)cc4s3)CC2)nc1. The van der Waals surface area contributed by atoms with Gasteiger partial charge in [0.1, 0.15) is 12.7 Å². The molecule has 35 heavy (non-hydrogen) atoms. The Morgan fingerprint density at radius 3 is 2.69 bits per heavy atom. The molecule has 4 heterocycles. The molecule has 184 valence electrons. The summed E-state index contributed by atoms with van der Waals surface area (Å²) in [5, 5.41) is 9.78. The number of carbonyl (C=O) groups is 1. The molecule has 0 bridgehead atoms. The van der Waals surface area contributed by atoms with E-state index in [1.807, 2.05) is 18.5 Å². The Kier molecular flexibility index (Phi) is 7.24. The van der Waals surface area contributed by atoms with Crippen LogP contribution in [-0.2, 0) is 11.2 Å². The van der Waals surface area contributed by atoms with E-state index >= 15 is 0 Å². The second-order valence-electron chi connectivity index (χ2n) is 9.09. The number of benzene rings is 1. The van der Waals surface area contributed by atoms with Crippen LogP contribution in [0.1, 0.15) is 43.7 Å². The van der Waals surface area contributed by atoms with Gasteiger partial charge >= 0.3 is 0 Å². The molecule has 1 aromatic carbocycles. The molecule has 1 fully saturated rings. The number of aliphatic hydroxyl groups is 1. The number of hydrogen-bond donors (Lipinski definition) is 1. The molecule has 0 atom stereocenters. The number of piperidine rings is 1. The summed E-state index contributed by atoms with van der Waals surface area (Å²) >= 11 is 1.59. The lowest BCUT2D eigenvalue weighted by Crippen LogP contribution is -2.39. The van der Waals surface area contributed by atoms with Crippen LogP contribution in [0.5, 0.6) is 5.19 Å². The van der Waals surface area contributed by atoms with Crippen molar-refractivity contribution in [3.8, 4) is 5.19 Å². The van der Waals surface area contributed by atoms with Gasteiger partial charge in [0.2, 0.25) is 11.9 Å². The highest BCUT2D eigenvalue weighted by Crippen LogP contribution is 2.33. The van der Waals surface area contributed by atoms with E-state index in [0.29, 0.717) is 18.3 Å². The molecule has 1 saturated heterocycles. The first-order chi connectivity index (χ1) is 17.1. The van der Waals surface area contributed by atoms with Crippen molar-refractivity contribution in [2.24, 2.45) is 0 Å². The van der Waals surface area contributed by atoms with E-state index in [1.54, 1.807) is 16.2 Å². The van der Waals surface area contributed by atoms with Crippen molar-refractivity contribution in [2.45, 2.75) is 45.1 Å². The maximum Gasteiger partial charge on any atom is 0.274 e. The van der Waals surface area contributed by atoms with E-state index in [-0.39, 0.29) is 12.0 Å². The number of aliphatic hydroxyl groups excluding tert-OH is 1. The van der Waals surface area contributed by atoms with Crippen LogP contribution in [0.2, 0.25) is 0 Å². The molecule has 1 amide bonds. The van der Waals surface area contributed by atoms with Crippen molar-refractivity contribution in [1.29, 1.82) is 0 Å². The van der Waals surface area contributed by atoms with Gasteiger partial charge < -0.3 is 19.6 Å². The molecule has 2 aromatic heterocycles. The number of ether oxygens (including phenoxy) is 1. The number of anilines is 1. The fraction of sp³-hybridized carbons (Fsp3) is 0.462. The molecule has 0 unspecified atom stereocenters. The predicted octanol–water partition coefficient (Wildman–Crippen LogP) is 3.69. The third-order valence-corrected chi connectivity index (χ3v) is 7.57. The molecule has 8 nitrogen and oxygen atoms in total. The summed E-state index contributed by atoms with van der Waals surface area (Å²) < 4.78 is 7.37. The molecule has 9 heteroatoms. The Bertz CT molecular complexity index is 1200. The number of fused-ring (bicyclic) bond motifs is 1. The van der Waals surface area contributed by atoms with Gasteiger partial charge in [0.25, 0.3) is 5.19 Å². The van der Waals surface area contributed by atoms with E-state index in [9.17, 15) is 4.79 Å². The monoisotopic (exact) mass is 493 g/mol. The second kappa shape index (κ2) is 10.7. The zero-order chi connectivity index (χ0) is 24.2. The van der Waals surface area contributed by atoms with Gasteiger partial charge in [-0.15, -0.1) is 0 Å². The number of carbonyl (C=O) groups excluding carboxylic acids is 1. The van der Waals surface area contributed by atoms with Gasteiger partial charge in [0.15, 0.2) is 0 Å². The van der Waals surface area contributed by atoms with Crippen molar-refractivity contribution in [2.75, 3.05) is 37.7 Å². The molecule has 0 saturated carbocycles. The van der Waals surface area contributed by atoms with Crippen molar-refractivity contribution < 1.29 is 14.6 Å². The van der Waals surface area contributed by atoms with Crippen LogP contribution in [0.3, 0.4) is 0 Å². The Morgan fingerprint density at radius 1 is 1.20 bits per heavy atom. The van der Waals surface area contributed by atoms with Crippen molar-refractivity contribution in [3.63, 3.8) is 0 Å². The maximum atomic E-state index is 11.7. The standard InChI is InChI=1S/C26H31N5O3S/c1-2-3-18-15-27-25(28-16-18)31-12-8-21(9-13-31)34-26-29-22-5-4-20(14-23(22)35-26)19-6-10-30(11-7-19)24(33)17-32/h4-6,14-16,21,32H,2-3,7-13,17H2,1H3. The highest BCUT2D eigenvalue weighted by Gasteiger charge is 2.23. The average Bonchev–Trinajstić information content (AvgIpc) is 3.31. The van der Waals surface area contributed by atoms with Gasteiger partial charge in [-0.1, -0.05) is 36.8 Å². The number of aromatic nitrogens is 3. The van der Waals surface area contributed by atoms with Gasteiger partial charge in [-0.25, -0.2) is 15.0 Å². The minimum absolute atomic E-state index is 0.141. The van der Waals surface area contributed by atoms with Crippen LogP contribution < -0.4 is 9.64 Å². The van der Waals surface area contributed by atoms with Crippen molar-refractivity contribution in [1.82, 2.24) is 19.9 Å². The number of thiazole rings is 1. The molecule has 0 radical (unpaired) electrons. The van der Waals surface area contributed by atoms with Gasteiger partial charge in [-0.05, 0) is 41.7 Å². The normalized spacial score (nSPS) is 17.0. The Balaban J connectivity index is 1.18. The van der Waals surface area contributed by atoms with Gasteiger partial charge in [0.05, 0.1) is 10.2 Å². The molecular formula is C26H31N5O3S. The molecule has 3 aromatic rings. The highest BCUT2D eigenvalue weighted by molar-refractivity contribution is 7.20. The van der Waals surface area contributed by atoms with Crippen LogP contribution in [0.25, 0.3) is 15.8 Å². The summed E-state index contributed by atoms with van der Waals surface area (Å²) in [5.74, 6) is 0.583. The van der Waals surface area contributed by atoms with Gasteiger partial charge in [-0.2, -0.15) is 0 Å². The van der Waals surface area contributed by atoms with Gasteiger partial charge in [-0.3, -0.25) is 4.79 Å². The van der Waals surface area contributed by atoms with E-state index in [1.165, 1.54) is 11.1 Å². The van der Waals surface area contributed by atoms with Crippen molar-refractivity contribution in [3.05, 3.63) is 47.8 Å². The lowest BCUT2D eigenvalue weighted by Gasteiger charge is -2.31. The zero-order valence-electron chi connectivity index (χ0n) is 20.0. The van der Waals surface area contributed by atoms with Crippen LogP contribution >= 0.6 is 11.3 Å². The number of nitrogens with zero attached hydrogens (tertiary/aromatic N) is 5. The van der Waals surface area contributed by atoms with E-state index < -0.39 is 6.61 Å². The predicted molar refractivity (Wildman–Crippen MR) is 138 cm³/mol. The van der Waals surface area contributed by atoms with Crippen LogP contribution in [0.4, 0.5) is 5.95 Å². The maximum absolute atomic E-state index is 11.7. The third-order valence-electron chi connectivity index (χ3n) is 6.66. The van der Waals surface area contributed by atoms with Crippen molar-refractivity contribution >= 4 is 39.0 Å². The number of rotatable bonds is 7. The van der Waals surface area contributed by atoms with Gasteiger partial charge in [0, 0.05) is 51.4 Å². The average molecular weight is 494 g/mol. The Labute approximate surface area is 209 Å². The lowest BCUT2D eigenvalue weighted by molar-refractivity contribution is -0.133. The molecule has 0 aliphatic carbocycles. The van der Waals surface area contributed by atoms with E-state index in [0.717, 1.165) is 66.9 Å². The molecule has 0 spiro atoms. The molecule has 2 aliphatic heterocycles. The summed E-state index contributed by atoms with van der Waals surface area (Å²) in [5.41, 5.74) is 4.51. The summed E-state index contributed by atoms with van der Waals surface area (Å²) in [4.78, 5) is 29.4. The van der Waals surface area contributed by atoms with Crippen LogP contribution in [0, 0.1) is 0 Å². The largest absolute Gasteiger partial charge is 0.467 e. The topological polar surface area (TPSA) is 91.7 Å². The summed E-state index contributed by atoms with van der Waals surface area (Å²) in [6, 6.07) is 6.30. The quantitative estimate of drug-likeness (QED) is 0.537. The number of hydrogen-bond acceptors (Lipinski definition) is 8. The zero-order valence-corrected chi connectivity index (χ0v) is 20.8. The second-order valence-corrected chi connectivity index (χ2v) is 10.1. The summed E-state index contributed by atoms with van der Waals surface area (Å²) in [6.45, 7) is 4.64. The fourth-order valence-corrected chi connectivity index (χ4v) is 5.58. The molecule has 1 N–H and O–H groups in total. The number of amides is 1. The number of aryl methyl sites for hydroxylation is 1. The Morgan fingerprint density at radius 2 is 2.00 bits per heavy atom. The first-order valence-electron chi connectivity index (χ1n) is 12.3. The highest BCUT2D eigenvalue weighted by atomic mass is 32.1. The minimum Gasteiger partial charge on any atom is -0.467 e. The fourth-order valence-electron chi connectivity index (χ4n) is 4.66. The van der Waals surface area contributed by atoms with E-state index in [4.69, 9.17) is 14.8 Å².